The van der Waals surface area contributed by atoms with Crippen LogP contribution in [0.2, 0.25) is 0 Å². The number of rotatable bonds is 2. The highest BCUT2D eigenvalue weighted by molar-refractivity contribution is 9.10. The van der Waals surface area contributed by atoms with Crippen LogP contribution in [0.3, 0.4) is 0 Å². The van der Waals surface area contributed by atoms with Gasteiger partial charge in [0, 0.05) is 41.0 Å². The summed E-state index contributed by atoms with van der Waals surface area (Å²) in [6.07, 6.45) is 0.918. The summed E-state index contributed by atoms with van der Waals surface area (Å²) in [4.78, 5) is 17.1. The van der Waals surface area contributed by atoms with Crippen LogP contribution in [0, 0.1) is 0 Å². The lowest BCUT2D eigenvalue weighted by Crippen LogP contribution is -2.36. The van der Waals surface area contributed by atoms with Crippen LogP contribution in [0.5, 0.6) is 0 Å². The van der Waals surface area contributed by atoms with Crippen LogP contribution in [0.4, 0.5) is 11.4 Å². The molecule has 2 aromatic rings. The Balaban J connectivity index is 1.62. The molecular formula is C19H19BrN2O2. The number of anilines is 2. The molecule has 0 aliphatic carbocycles. The van der Waals surface area contributed by atoms with E-state index in [1.165, 1.54) is 11.3 Å². The molecule has 1 saturated heterocycles. The minimum Gasteiger partial charge on any atom is -0.378 e. The molecule has 1 amide bonds. The summed E-state index contributed by atoms with van der Waals surface area (Å²) < 4.78 is 6.41. The Morgan fingerprint density at radius 3 is 2.50 bits per heavy atom. The fraction of sp³-hybridized carbons (Fsp3) is 0.316. The van der Waals surface area contributed by atoms with Gasteiger partial charge in [0.25, 0.3) is 5.91 Å². The number of fused-ring (bicyclic) bond motifs is 1. The molecule has 0 bridgehead atoms. The predicted octanol–water partition coefficient (Wildman–Crippen LogP) is 3.49. The quantitative estimate of drug-likeness (QED) is 0.791. The van der Waals surface area contributed by atoms with E-state index < -0.39 is 0 Å². The Hall–Kier alpha value is -1.85. The van der Waals surface area contributed by atoms with Gasteiger partial charge < -0.3 is 14.5 Å². The van der Waals surface area contributed by atoms with Crippen molar-refractivity contribution in [3.8, 4) is 0 Å². The van der Waals surface area contributed by atoms with E-state index in [2.05, 4.69) is 39.0 Å². The maximum Gasteiger partial charge on any atom is 0.258 e. The van der Waals surface area contributed by atoms with E-state index in [4.69, 9.17) is 4.74 Å². The van der Waals surface area contributed by atoms with Crippen molar-refractivity contribution in [3.05, 3.63) is 58.1 Å². The molecular weight excluding hydrogens is 368 g/mol. The number of carbonyl (C=O) groups excluding carboxylic acids is 1. The fourth-order valence-corrected chi connectivity index (χ4v) is 3.61. The van der Waals surface area contributed by atoms with Gasteiger partial charge >= 0.3 is 0 Å². The number of amides is 1. The molecule has 0 spiro atoms. The molecule has 0 atom stereocenters. The van der Waals surface area contributed by atoms with Crippen molar-refractivity contribution < 1.29 is 9.53 Å². The number of hydrogen-bond donors (Lipinski definition) is 0. The molecule has 5 heteroatoms. The zero-order valence-electron chi connectivity index (χ0n) is 13.4. The molecule has 2 aliphatic heterocycles. The summed E-state index contributed by atoms with van der Waals surface area (Å²) in [5.41, 5.74) is 4.19. The van der Waals surface area contributed by atoms with Crippen LogP contribution in [0.15, 0.2) is 46.9 Å². The van der Waals surface area contributed by atoms with Crippen LogP contribution in [-0.2, 0) is 11.2 Å². The second-order valence-electron chi connectivity index (χ2n) is 6.13. The highest BCUT2D eigenvalue weighted by Gasteiger charge is 2.26. The van der Waals surface area contributed by atoms with E-state index in [0.717, 1.165) is 55.0 Å². The first kappa shape index (κ1) is 15.7. The summed E-state index contributed by atoms with van der Waals surface area (Å²) >= 11 is 3.42. The first-order valence-corrected chi connectivity index (χ1v) is 9.05. The summed E-state index contributed by atoms with van der Waals surface area (Å²) in [6, 6.07) is 14.0. The summed E-state index contributed by atoms with van der Waals surface area (Å²) in [6.45, 7) is 4.08. The Kier molecular flexibility index (Phi) is 4.29. The van der Waals surface area contributed by atoms with Crippen molar-refractivity contribution in [3.63, 3.8) is 0 Å². The Morgan fingerprint density at radius 2 is 1.75 bits per heavy atom. The smallest absolute Gasteiger partial charge is 0.258 e. The van der Waals surface area contributed by atoms with Crippen LogP contribution in [0.1, 0.15) is 15.9 Å². The molecule has 2 heterocycles. The van der Waals surface area contributed by atoms with Crippen molar-refractivity contribution >= 4 is 33.2 Å². The first-order valence-electron chi connectivity index (χ1n) is 8.25. The van der Waals surface area contributed by atoms with E-state index in [1.807, 2.05) is 29.2 Å². The van der Waals surface area contributed by atoms with E-state index in [-0.39, 0.29) is 5.91 Å². The third kappa shape index (κ3) is 2.94. The van der Waals surface area contributed by atoms with Crippen LogP contribution in [0.25, 0.3) is 0 Å². The lowest BCUT2D eigenvalue weighted by molar-refractivity contribution is 0.0989. The predicted molar refractivity (Wildman–Crippen MR) is 99.0 cm³/mol. The molecule has 124 valence electrons. The van der Waals surface area contributed by atoms with Crippen molar-refractivity contribution in [2.24, 2.45) is 0 Å². The lowest BCUT2D eigenvalue weighted by atomic mass is 10.1. The number of benzene rings is 2. The van der Waals surface area contributed by atoms with Gasteiger partial charge in [-0.25, -0.2) is 0 Å². The monoisotopic (exact) mass is 386 g/mol. The average molecular weight is 387 g/mol. The number of halogens is 1. The van der Waals surface area contributed by atoms with E-state index in [0.29, 0.717) is 0 Å². The molecule has 0 radical (unpaired) electrons. The SMILES string of the molecule is O=C(c1ccc(Br)cc1)N1CCc2ccc(N3CCOCC3)cc21. The van der Waals surface area contributed by atoms with Gasteiger partial charge in [0.2, 0.25) is 0 Å². The third-order valence-electron chi connectivity index (χ3n) is 4.68. The molecule has 4 rings (SSSR count). The summed E-state index contributed by atoms with van der Waals surface area (Å²) in [7, 11) is 0. The first-order chi connectivity index (χ1) is 11.7. The maximum atomic E-state index is 12.9. The molecule has 2 aliphatic rings. The molecule has 0 N–H and O–H groups in total. The van der Waals surface area contributed by atoms with E-state index >= 15 is 0 Å². The Morgan fingerprint density at radius 1 is 1.00 bits per heavy atom. The molecule has 0 aromatic heterocycles. The summed E-state index contributed by atoms with van der Waals surface area (Å²) in [5.74, 6) is 0.0698. The second-order valence-corrected chi connectivity index (χ2v) is 7.04. The number of morpholine rings is 1. The van der Waals surface area contributed by atoms with Gasteiger partial charge in [-0.2, -0.15) is 0 Å². The topological polar surface area (TPSA) is 32.8 Å². The van der Waals surface area contributed by atoms with Gasteiger partial charge in [0.1, 0.15) is 0 Å². The molecule has 0 unspecified atom stereocenters. The Labute approximate surface area is 150 Å². The lowest BCUT2D eigenvalue weighted by Gasteiger charge is -2.29. The van der Waals surface area contributed by atoms with E-state index in [1.54, 1.807) is 0 Å². The third-order valence-corrected chi connectivity index (χ3v) is 5.21. The number of carbonyl (C=O) groups is 1. The number of ether oxygens (including phenoxy) is 1. The van der Waals surface area contributed by atoms with E-state index in [9.17, 15) is 4.79 Å². The molecule has 0 saturated carbocycles. The van der Waals surface area contributed by atoms with Gasteiger partial charge in [-0.3, -0.25) is 4.79 Å². The largest absolute Gasteiger partial charge is 0.378 e. The number of hydrogen-bond acceptors (Lipinski definition) is 3. The highest BCUT2D eigenvalue weighted by atomic mass is 79.9. The summed E-state index contributed by atoms with van der Waals surface area (Å²) in [5, 5.41) is 0. The minimum atomic E-state index is 0.0698. The van der Waals surface area contributed by atoms with Crippen LogP contribution < -0.4 is 9.80 Å². The van der Waals surface area contributed by atoms with Crippen LogP contribution >= 0.6 is 15.9 Å². The van der Waals surface area contributed by atoms with Gasteiger partial charge in [0.05, 0.1) is 13.2 Å². The number of nitrogens with zero attached hydrogens (tertiary/aromatic N) is 2. The minimum absolute atomic E-state index is 0.0698. The van der Waals surface area contributed by atoms with Crippen molar-refractivity contribution in [1.82, 2.24) is 0 Å². The van der Waals surface area contributed by atoms with Gasteiger partial charge in [-0.05, 0) is 48.4 Å². The molecule has 1 fully saturated rings. The van der Waals surface area contributed by atoms with Crippen molar-refractivity contribution in [1.29, 1.82) is 0 Å². The molecule has 24 heavy (non-hydrogen) atoms. The standard InChI is InChI=1S/C19H19BrN2O2/c20-16-4-1-15(2-5-16)19(23)22-8-7-14-3-6-17(13-18(14)22)21-9-11-24-12-10-21/h1-6,13H,7-12H2. The zero-order valence-corrected chi connectivity index (χ0v) is 15.0. The molecule has 4 nitrogen and oxygen atoms in total. The van der Waals surface area contributed by atoms with Gasteiger partial charge in [0.15, 0.2) is 0 Å². The fourth-order valence-electron chi connectivity index (χ4n) is 3.35. The van der Waals surface area contributed by atoms with Crippen molar-refractivity contribution in [2.75, 3.05) is 42.6 Å². The van der Waals surface area contributed by atoms with Gasteiger partial charge in [-0.1, -0.05) is 22.0 Å². The Bertz CT molecular complexity index is 754. The second kappa shape index (κ2) is 6.57. The maximum absolute atomic E-state index is 12.9. The van der Waals surface area contributed by atoms with Crippen molar-refractivity contribution in [2.45, 2.75) is 6.42 Å². The van der Waals surface area contributed by atoms with Gasteiger partial charge in [-0.15, -0.1) is 0 Å². The molecule has 2 aromatic carbocycles. The average Bonchev–Trinajstić information content (AvgIpc) is 3.05. The van der Waals surface area contributed by atoms with Crippen LogP contribution in [-0.4, -0.2) is 38.8 Å². The highest BCUT2D eigenvalue weighted by Crippen LogP contribution is 2.33. The zero-order chi connectivity index (χ0) is 16.5. The normalized spacial score (nSPS) is 17.0.